The SMILES string of the molecule is O=[C]CCCN1CCN(C(=O)OCc2ccccc2F)CC1. The van der Waals surface area contributed by atoms with Gasteiger partial charge < -0.3 is 9.64 Å². The molecule has 1 fully saturated rings. The molecule has 0 aliphatic carbocycles. The maximum Gasteiger partial charge on any atom is 0.410 e. The van der Waals surface area contributed by atoms with Crippen LogP contribution in [0.2, 0.25) is 0 Å². The number of hydrogen-bond acceptors (Lipinski definition) is 4. The van der Waals surface area contributed by atoms with Gasteiger partial charge in [0.1, 0.15) is 12.4 Å². The molecule has 1 aliphatic rings. The second-order valence-electron chi connectivity index (χ2n) is 5.22. The molecule has 1 aromatic rings. The van der Waals surface area contributed by atoms with E-state index in [9.17, 15) is 14.0 Å². The third-order valence-electron chi connectivity index (χ3n) is 3.69. The van der Waals surface area contributed by atoms with E-state index in [1.54, 1.807) is 23.1 Å². The van der Waals surface area contributed by atoms with Crippen LogP contribution in [0, 0.1) is 5.82 Å². The first-order chi connectivity index (χ1) is 10.7. The van der Waals surface area contributed by atoms with Crippen LogP contribution in [-0.4, -0.2) is 54.9 Å². The summed E-state index contributed by atoms with van der Waals surface area (Å²) in [7, 11) is 0. The summed E-state index contributed by atoms with van der Waals surface area (Å²) in [6, 6.07) is 6.26. The Bertz CT molecular complexity index is 502. The van der Waals surface area contributed by atoms with Crippen molar-refractivity contribution < 1.29 is 18.7 Å². The lowest BCUT2D eigenvalue weighted by molar-refractivity contribution is 0.0709. The molecule has 1 amide bonds. The Morgan fingerprint density at radius 3 is 2.64 bits per heavy atom. The highest BCUT2D eigenvalue weighted by molar-refractivity contribution is 5.67. The first kappa shape index (κ1) is 16.4. The van der Waals surface area contributed by atoms with Crippen molar-refractivity contribution in [3.05, 3.63) is 35.6 Å². The van der Waals surface area contributed by atoms with Crippen molar-refractivity contribution in [1.29, 1.82) is 0 Å². The molecular formula is C16H20FN2O3. The lowest BCUT2D eigenvalue weighted by atomic mass is 10.2. The number of rotatable bonds is 6. The Balaban J connectivity index is 1.71. The summed E-state index contributed by atoms with van der Waals surface area (Å²) in [5.74, 6) is -0.368. The fourth-order valence-corrected chi connectivity index (χ4v) is 2.38. The highest BCUT2D eigenvalue weighted by Gasteiger charge is 2.22. The van der Waals surface area contributed by atoms with Crippen LogP contribution in [0.3, 0.4) is 0 Å². The van der Waals surface area contributed by atoms with Crippen LogP contribution < -0.4 is 0 Å². The highest BCUT2D eigenvalue weighted by atomic mass is 19.1. The van der Waals surface area contributed by atoms with Crippen molar-refractivity contribution in [3.63, 3.8) is 0 Å². The molecule has 0 spiro atoms. The second-order valence-corrected chi connectivity index (χ2v) is 5.22. The number of nitrogens with zero attached hydrogens (tertiary/aromatic N) is 2. The molecule has 0 aromatic heterocycles. The number of carbonyl (C=O) groups excluding carboxylic acids is 2. The van der Waals surface area contributed by atoms with E-state index in [-0.39, 0.29) is 12.4 Å². The summed E-state index contributed by atoms with van der Waals surface area (Å²) in [6.07, 6.45) is 2.71. The van der Waals surface area contributed by atoms with Crippen molar-refractivity contribution in [2.75, 3.05) is 32.7 Å². The third-order valence-corrected chi connectivity index (χ3v) is 3.69. The summed E-state index contributed by atoms with van der Waals surface area (Å²) >= 11 is 0. The first-order valence-corrected chi connectivity index (χ1v) is 7.43. The molecule has 1 aliphatic heterocycles. The Hall–Kier alpha value is -1.95. The number of ether oxygens (including phenoxy) is 1. The van der Waals surface area contributed by atoms with Gasteiger partial charge in [-0.15, -0.1) is 0 Å². The summed E-state index contributed by atoms with van der Waals surface area (Å²) in [6.45, 7) is 3.47. The average molecular weight is 307 g/mol. The van der Waals surface area contributed by atoms with Gasteiger partial charge in [-0.05, 0) is 19.0 Å². The van der Waals surface area contributed by atoms with E-state index in [0.717, 1.165) is 26.1 Å². The van der Waals surface area contributed by atoms with Crippen molar-refractivity contribution in [2.24, 2.45) is 0 Å². The van der Waals surface area contributed by atoms with Gasteiger partial charge in [0.05, 0.1) is 0 Å². The minimum Gasteiger partial charge on any atom is -0.444 e. The summed E-state index contributed by atoms with van der Waals surface area (Å²) in [5.41, 5.74) is 0.375. The van der Waals surface area contributed by atoms with Crippen LogP contribution in [-0.2, 0) is 16.1 Å². The van der Waals surface area contributed by atoms with E-state index in [2.05, 4.69) is 4.90 Å². The van der Waals surface area contributed by atoms with Crippen molar-refractivity contribution in [2.45, 2.75) is 19.4 Å². The Kier molecular flexibility index (Phi) is 6.33. The monoisotopic (exact) mass is 307 g/mol. The molecule has 22 heavy (non-hydrogen) atoms. The van der Waals surface area contributed by atoms with Crippen LogP contribution in [0.4, 0.5) is 9.18 Å². The van der Waals surface area contributed by atoms with Crippen LogP contribution in [0.25, 0.3) is 0 Å². The lowest BCUT2D eigenvalue weighted by Crippen LogP contribution is -2.49. The van der Waals surface area contributed by atoms with Gasteiger partial charge in [-0.2, -0.15) is 0 Å². The normalized spacial score (nSPS) is 15.6. The lowest BCUT2D eigenvalue weighted by Gasteiger charge is -2.33. The number of benzene rings is 1. The van der Waals surface area contributed by atoms with E-state index in [4.69, 9.17) is 4.74 Å². The van der Waals surface area contributed by atoms with Crippen LogP contribution >= 0.6 is 0 Å². The molecule has 0 saturated carbocycles. The highest BCUT2D eigenvalue weighted by Crippen LogP contribution is 2.10. The van der Waals surface area contributed by atoms with Gasteiger partial charge in [0.2, 0.25) is 0 Å². The van der Waals surface area contributed by atoms with Crippen LogP contribution in [0.5, 0.6) is 0 Å². The minimum atomic E-state index is -0.413. The molecule has 2 rings (SSSR count). The zero-order valence-electron chi connectivity index (χ0n) is 12.5. The fourth-order valence-electron chi connectivity index (χ4n) is 2.38. The molecule has 0 bridgehead atoms. The van der Waals surface area contributed by atoms with E-state index < -0.39 is 6.09 Å². The first-order valence-electron chi connectivity index (χ1n) is 7.43. The maximum atomic E-state index is 13.4. The molecule has 119 valence electrons. The summed E-state index contributed by atoms with van der Waals surface area (Å²) in [4.78, 5) is 26.0. The van der Waals surface area contributed by atoms with Gasteiger partial charge in [-0.25, -0.2) is 9.18 Å². The molecule has 6 heteroatoms. The van der Waals surface area contributed by atoms with Gasteiger partial charge in [-0.3, -0.25) is 9.69 Å². The Morgan fingerprint density at radius 1 is 1.23 bits per heavy atom. The maximum absolute atomic E-state index is 13.4. The van der Waals surface area contributed by atoms with Gasteiger partial charge >= 0.3 is 6.09 Å². The number of amides is 1. The standard InChI is InChI=1S/C16H20FN2O3/c17-15-6-2-1-5-14(15)13-22-16(21)19-10-8-18(9-11-19)7-3-4-12-20/h1-2,5-6H,3-4,7-11,13H2. The summed E-state index contributed by atoms with van der Waals surface area (Å²) < 4.78 is 18.6. The van der Waals surface area contributed by atoms with Gasteiger partial charge in [0, 0.05) is 38.2 Å². The van der Waals surface area contributed by atoms with E-state index in [1.807, 2.05) is 6.29 Å². The number of halogens is 1. The Morgan fingerprint density at radius 2 is 1.95 bits per heavy atom. The molecular weight excluding hydrogens is 287 g/mol. The van der Waals surface area contributed by atoms with Gasteiger partial charge in [0.25, 0.3) is 0 Å². The smallest absolute Gasteiger partial charge is 0.410 e. The summed E-state index contributed by atoms with van der Waals surface area (Å²) in [5, 5.41) is 0. The third kappa shape index (κ3) is 4.80. The number of unbranched alkanes of at least 4 members (excludes halogenated alkanes) is 1. The Labute approximate surface area is 129 Å². The quantitative estimate of drug-likeness (QED) is 0.754. The molecule has 1 radical (unpaired) electrons. The van der Waals surface area contributed by atoms with Gasteiger partial charge in [0.15, 0.2) is 6.29 Å². The zero-order valence-corrected chi connectivity index (χ0v) is 12.5. The van der Waals surface area contributed by atoms with Crippen molar-refractivity contribution in [3.8, 4) is 0 Å². The number of hydrogen-bond donors (Lipinski definition) is 0. The number of piperazine rings is 1. The van der Waals surface area contributed by atoms with Crippen LogP contribution in [0.15, 0.2) is 24.3 Å². The van der Waals surface area contributed by atoms with Crippen LogP contribution in [0.1, 0.15) is 18.4 Å². The van der Waals surface area contributed by atoms with E-state index >= 15 is 0 Å². The largest absolute Gasteiger partial charge is 0.444 e. The topological polar surface area (TPSA) is 49.9 Å². The average Bonchev–Trinajstić information content (AvgIpc) is 2.55. The minimum absolute atomic E-state index is 0.0547. The molecule has 0 N–H and O–H groups in total. The second kappa shape index (κ2) is 8.48. The molecule has 5 nitrogen and oxygen atoms in total. The van der Waals surface area contributed by atoms with Crippen molar-refractivity contribution in [1.82, 2.24) is 9.80 Å². The molecule has 1 saturated heterocycles. The van der Waals surface area contributed by atoms with Gasteiger partial charge in [-0.1, -0.05) is 18.2 Å². The van der Waals surface area contributed by atoms with Crippen molar-refractivity contribution >= 4 is 12.4 Å². The van der Waals surface area contributed by atoms with E-state index in [0.29, 0.717) is 25.1 Å². The number of carbonyl (C=O) groups is 1. The molecule has 0 atom stereocenters. The molecule has 1 heterocycles. The molecule has 0 unspecified atom stereocenters. The van der Waals surface area contributed by atoms with E-state index in [1.165, 1.54) is 6.07 Å². The predicted octanol–water partition coefficient (Wildman–Crippen LogP) is 1.97. The predicted molar refractivity (Wildman–Crippen MR) is 79.5 cm³/mol. The fraction of sp³-hybridized carbons (Fsp3) is 0.500. The molecule has 1 aromatic carbocycles. The zero-order chi connectivity index (χ0) is 15.8.